The maximum absolute atomic E-state index is 12.0. The van der Waals surface area contributed by atoms with Crippen LogP contribution in [-0.2, 0) is 16.0 Å². The molecular formula is C14H13Cl2N5O4S. The van der Waals surface area contributed by atoms with Gasteiger partial charge in [-0.3, -0.25) is 14.4 Å². The molecule has 1 aromatic carbocycles. The first-order valence-electron chi connectivity index (χ1n) is 7.11. The number of nitrogens with two attached hydrogens (primary N) is 1. The van der Waals surface area contributed by atoms with E-state index in [2.05, 4.69) is 15.5 Å². The van der Waals surface area contributed by atoms with E-state index in [9.17, 15) is 14.4 Å². The zero-order valence-corrected chi connectivity index (χ0v) is 15.4. The number of nitrogens with zero attached hydrogens (tertiary/aromatic N) is 3. The number of thioether (sulfide) groups is 1. The molecule has 1 heterocycles. The van der Waals surface area contributed by atoms with Crippen LogP contribution < -0.4 is 16.7 Å². The van der Waals surface area contributed by atoms with Crippen molar-refractivity contribution < 1.29 is 14.7 Å². The minimum absolute atomic E-state index is 0.0198. The predicted molar refractivity (Wildman–Crippen MR) is 98.2 cm³/mol. The molecule has 0 unspecified atom stereocenters. The largest absolute Gasteiger partial charge is 0.481 e. The van der Waals surface area contributed by atoms with Crippen molar-refractivity contribution in [3.63, 3.8) is 0 Å². The summed E-state index contributed by atoms with van der Waals surface area (Å²) in [6.07, 6.45) is -0.348. The Morgan fingerprint density at radius 3 is 2.69 bits per heavy atom. The fourth-order valence-corrected chi connectivity index (χ4v) is 2.92. The van der Waals surface area contributed by atoms with Crippen LogP contribution in [0, 0.1) is 0 Å². The zero-order chi connectivity index (χ0) is 19.3. The van der Waals surface area contributed by atoms with Crippen LogP contribution in [0.2, 0.25) is 10.0 Å². The van der Waals surface area contributed by atoms with Gasteiger partial charge in [-0.1, -0.05) is 35.0 Å². The van der Waals surface area contributed by atoms with Gasteiger partial charge in [0.25, 0.3) is 5.56 Å². The van der Waals surface area contributed by atoms with Crippen molar-refractivity contribution in [2.75, 3.05) is 16.9 Å². The molecule has 1 amide bonds. The van der Waals surface area contributed by atoms with Gasteiger partial charge in [0.05, 0.1) is 22.9 Å². The number of hydrogen-bond donors (Lipinski definition) is 3. The van der Waals surface area contributed by atoms with Crippen molar-refractivity contribution in [1.82, 2.24) is 14.9 Å². The fourth-order valence-electron chi connectivity index (χ4n) is 1.81. The van der Waals surface area contributed by atoms with Gasteiger partial charge in [0, 0.05) is 11.4 Å². The highest BCUT2D eigenvalue weighted by Crippen LogP contribution is 2.25. The van der Waals surface area contributed by atoms with Gasteiger partial charge in [-0.15, -0.1) is 10.2 Å². The van der Waals surface area contributed by atoms with E-state index in [4.69, 9.17) is 34.2 Å². The van der Waals surface area contributed by atoms with E-state index in [1.165, 1.54) is 6.07 Å². The average molecular weight is 418 g/mol. The molecule has 0 atom stereocenters. The van der Waals surface area contributed by atoms with Crippen molar-refractivity contribution in [3.05, 3.63) is 44.3 Å². The number of aryl methyl sites for hydroxylation is 1. The Labute approximate surface area is 161 Å². The third kappa shape index (κ3) is 5.35. The highest BCUT2D eigenvalue weighted by atomic mass is 35.5. The molecule has 0 saturated heterocycles. The van der Waals surface area contributed by atoms with E-state index in [0.29, 0.717) is 10.7 Å². The zero-order valence-electron chi connectivity index (χ0n) is 13.1. The van der Waals surface area contributed by atoms with E-state index >= 15 is 0 Å². The summed E-state index contributed by atoms with van der Waals surface area (Å²) >= 11 is 12.7. The lowest BCUT2D eigenvalue weighted by molar-refractivity contribution is -0.137. The van der Waals surface area contributed by atoms with Gasteiger partial charge in [-0.05, 0) is 18.2 Å². The van der Waals surface area contributed by atoms with Gasteiger partial charge in [0.15, 0.2) is 0 Å². The average Bonchev–Trinajstić information content (AvgIpc) is 2.57. The number of aliphatic carboxylic acids is 1. The molecule has 138 valence electrons. The Kier molecular flexibility index (Phi) is 6.83. The first kappa shape index (κ1) is 20.0. The minimum atomic E-state index is -1.06. The molecule has 9 nitrogen and oxygen atoms in total. The SMILES string of the molecule is Nn1c(SCC(=O)Nc2ccc(Cl)cc2Cl)nnc(CCC(=O)O)c1=O. The lowest BCUT2D eigenvalue weighted by Gasteiger charge is -2.09. The first-order valence-corrected chi connectivity index (χ1v) is 8.85. The Morgan fingerprint density at radius 1 is 1.31 bits per heavy atom. The molecule has 4 N–H and O–H groups in total. The number of carboxylic acid groups (broad SMARTS) is 1. The van der Waals surface area contributed by atoms with Crippen LogP contribution >= 0.6 is 35.0 Å². The molecule has 26 heavy (non-hydrogen) atoms. The number of anilines is 1. The second kappa shape index (κ2) is 8.88. The predicted octanol–water partition coefficient (Wildman–Crippen LogP) is 1.41. The highest BCUT2D eigenvalue weighted by Gasteiger charge is 2.14. The first-order chi connectivity index (χ1) is 12.3. The van der Waals surface area contributed by atoms with E-state index in [1.54, 1.807) is 12.1 Å². The molecule has 0 spiro atoms. The number of halogens is 2. The molecular weight excluding hydrogens is 405 g/mol. The maximum Gasteiger partial charge on any atom is 0.303 e. The number of carbonyl (C=O) groups is 2. The normalized spacial score (nSPS) is 10.5. The number of hydrogen-bond acceptors (Lipinski definition) is 7. The second-order valence-electron chi connectivity index (χ2n) is 4.96. The molecule has 0 aliphatic carbocycles. The van der Waals surface area contributed by atoms with E-state index in [-0.39, 0.29) is 34.5 Å². The lowest BCUT2D eigenvalue weighted by atomic mass is 10.2. The van der Waals surface area contributed by atoms with Gasteiger partial charge in [0.1, 0.15) is 5.69 Å². The molecule has 0 saturated carbocycles. The fraction of sp³-hybridized carbons (Fsp3) is 0.214. The number of benzene rings is 1. The maximum atomic E-state index is 12.0. The van der Waals surface area contributed by atoms with E-state index in [1.807, 2.05) is 0 Å². The van der Waals surface area contributed by atoms with Crippen molar-refractivity contribution in [2.45, 2.75) is 18.0 Å². The summed E-state index contributed by atoms with van der Waals surface area (Å²) in [4.78, 5) is 34.6. The minimum Gasteiger partial charge on any atom is -0.481 e. The van der Waals surface area contributed by atoms with Crippen LogP contribution in [-0.4, -0.2) is 37.6 Å². The molecule has 2 rings (SSSR count). The summed E-state index contributed by atoms with van der Waals surface area (Å²) in [5.74, 6) is 4.07. The van der Waals surface area contributed by atoms with Crippen LogP contribution in [0.15, 0.2) is 28.2 Å². The summed E-state index contributed by atoms with van der Waals surface area (Å²) in [7, 11) is 0. The summed E-state index contributed by atoms with van der Waals surface area (Å²) < 4.78 is 0.734. The molecule has 0 aliphatic heterocycles. The topological polar surface area (TPSA) is 140 Å². The number of amides is 1. The van der Waals surface area contributed by atoms with Crippen molar-refractivity contribution >= 4 is 52.5 Å². The molecule has 2 aromatic rings. The Balaban J connectivity index is 2.00. The smallest absolute Gasteiger partial charge is 0.303 e. The Bertz CT molecular complexity index is 905. The standard InChI is InChI=1S/C14H13Cl2N5O4S/c15-7-1-2-9(8(16)5-7)18-11(22)6-26-14-20-19-10(3-4-12(23)24)13(25)21(14)17/h1-2,5H,3-4,6,17H2,(H,18,22)(H,23,24). The number of carboxylic acids is 1. The van der Waals surface area contributed by atoms with Crippen molar-refractivity contribution in [2.24, 2.45) is 0 Å². The molecule has 1 aromatic heterocycles. The van der Waals surface area contributed by atoms with Gasteiger partial charge < -0.3 is 16.3 Å². The third-order valence-corrected chi connectivity index (χ3v) is 4.53. The quantitative estimate of drug-likeness (QED) is 0.453. The molecule has 0 fully saturated rings. The summed E-state index contributed by atoms with van der Waals surface area (Å²) in [5, 5.41) is 19.4. The summed E-state index contributed by atoms with van der Waals surface area (Å²) in [5.41, 5.74) is -0.330. The van der Waals surface area contributed by atoms with Crippen LogP contribution in [0.25, 0.3) is 0 Å². The van der Waals surface area contributed by atoms with Gasteiger partial charge in [-0.25, -0.2) is 0 Å². The summed E-state index contributed by atoms with van der Waals surface area (Å²) in [6, 6.07) is 4.63. The second-order valence-corrected chi connectivity index (χ2v) is 6.75. The molecule has 12 heteroatoms. The van der Waals surface area contributed by atoms with Crippen LogP contribution in [0.3, 0.4) is 0 Å². The Hall–Kier alpha value is -2.30. The molecule has 0 radical (unpaired) electrons. The highest BCUT2D eigenvalue weighted by molar-refractivity contribution is 7.99. The van der Waals surface area contributed by atoms with Crippen molar-refractivity contribution in [1.29, 1.82) is 0 Å². The third-order valence-electron chi connectivity index (χ3n) is 3.04. The monoisotopic (exact) mass is 417 g/mol. The van der Waals surface area contributed by atoms with E-state index in [0.717, 1.165) is 16.4 Å². The van der Waals surface area contributed by atoms with Gasteiger partial charge in [0.2, 0.25) is 11.1 Å². The molecule has 0 aliphatic rings. The van der Waals surface area contributed by atoms with Gasteiger partial charge >= 0.3 is 5.97 Å². The van der Waals surface area contributed by atoms with Crippen LogP contribution in [0.1, 0.15) is 12.1 Å². The number of rotatable bonds is 7. The summed E-state index contributed by atoms with van der Waals surface area (Å²) in [6.45, 7) is 0. The number of aromatic nitrogens is 3. The number of carbonyl (C=O) groups excluding carboxylic acids is 1. The lowest BCUT2D eigenvalue weighted by Crippen LogP contribution is -2.34. The number of nitrogens with one attached hydrogen (secondary N) is 1. The molecule has 0 bridgehead atoms. The van der Waals surface area contributed by atoms with Gasteiger partial charge in [-0.2, -0.15) is 4.68 Å². The van der Waals surface area contributed by atoms with E-state index < -0.39 is 17.4 Å². The Morgan fingerprint density at radius 2 is 2.04 bits per heavy atom. The van der Waals surface area contributed by atoms with Crippen molar-refractivity contribution in [3.8, 4) is 0 Å². The van der Waals surface area contributed by atoms with Crippen LogP contribution in [0.5, 0.6) is 0 Å². The number of nitrogen functional groups attached to an aromatic ring is 1. The van der Waals surface area contributed by atoms with Crippen LogP contribution in [0.4, 0.5) is 5.69 Å².